The molecule has 0 aromatic rings. The van der Waals surface area contributed by atoms with Gasteiger partial charge in [0, 0.05) is 48.7 Å². The minimum atomic E-state index is -0.322. The zero-order valence-corrected chi connectivity index (χ0v) is 24.4. The first kappa shape index (κ1) is 25.3. The molecule has 2 spiro atoms. The van der Waals surface area contributed by atoms with Crippen molar-refractivity contribution in [3.8, 4) is 0 Å². The number of aliphatic hydroxyl groups excluding tert-OH is 1. The fourth-order valence-corrected chi connectivity index (χ4v) is 12.0. The average Bonchev–Trinajstić information content (AvgIpc) is 3.41. The maximum Gasteiger partial charge on any atom is 0.140 e. The number of nitrogens with zero attached hydrogens (tertiary/aromatic N) is 3. The van der Waals surface area contributed by atoms with Crippen molar-refractivity contribution in [1.29, 1.82) is 0 Å². The lowest BCUT2D eigenvalue weighted by Gasteiger charge is -2.63. The second-order valence-electron chi connectivity index (χ2n) is 15.5. The minimum absolute atomic E-state index is 0.0216. The van der Waals surface area contributed by atoms with Crippen molar-refractivity contribution in [3.05, 3.63) is 0 Å². The maximum atomic E-state index is 14.5. The maximum absolute atomic E-state index is 14.5. The van der Waals surface area contributed by atoms with Crippen molar-refractivity contribution in [2.75, 3.05) is 27.7 Å². The van der Waals surface area contributed by atoms with Crippen LogP contribution in [0, 0.1) is 50.7 Å². The standard InChI is InChI=1S/C31H51N3O2/c1-18(2)26-32-23-12-13-30-16-31(30)22(11-10-21(30)27(23,4)17-34(26)9)28(5)14-20(35)25(19(3)33(7)8)29(28,6)15-24(31)36/h18-23,25,35H,10-17H2,1-9H3/t19-,20+,21-,22-,23-,25-,27-,28-,29+,30+,31+/m0/s1. The molecule has 0 saturated heterocycles. The third-order valence-corrected chi connectivity index (χ3v) is 13.8. The Morgan fingerprint density at radius 2 is 1.72 bits per heavy atom. The smallest absolute Gasteiger partial charge is 0.140 e. The molecular formula is C31H51N3O2. The third kappa shape index (κ3) is 2.66. The van der Waals surface area contributed by atoms with Gasteiger partial charge in [-0.25, -0.2) is 0 Å². The molecule has 5 saturated carbocycles. The van der Waals surface area contributed by atoms with Gasteiger partial charge >= 0.3 is 0 Å². The molecule has 0 aromatic heterocycles. The van der Waals surface area contributed by atoms with Crippen LogP contribution in [0.25, 0.3) is 0 Å². The summed E-state index contributed by atoms with van der Waals surface area (Å²) in [5, 5.41) is 11.5. The molecule has 202 valence electrons. The number of Topliss-reactive ketones (excluding diaryl/α,β-unsaturated/α-hetero) is 1. The van der Waals surface area contributed by atoms with Crippen LogP contribution < -0.4 is 0 Å². The Hall–Kier alpha value is -0.940. The Balaban J connectivity index is 1.39. The van der Waals surface area contributed by atoms with Crippen LogP contribution in [0.1, 0.15) is 86.5 Å². The summed E-state index contributed by atoms with van der Waals surface area (Å²) in [6, 6.07) is 0.660. The lowest BCUT2D eigenvalue weighted by atomic mass is 9.41. The second-order valence-corrected chi connectivity index (χ2v) is 15.5. The zero-order valence-electron chi connectivity index (χ0n) is 24.4. The Kier molecular flexibility index (Phi) is 5.19. The van der Waals surface area contributed by atoms with Crippen molar-refractivity contribution in [3.63, 3.8) is 0 Å². The van der Waals surface area contributed by atoms with Crippen molar-refractivity contribution in [2.24, 2.45) is 55.7 Å². The summed E-state index contributed by atoms with van der Waals surface area (Å²) in [6.07, 6.45) is 6.98. The van der Waals surface area contributed by atoms with Crippen LogP contribution in [-0.4, -0.2) is 72.4 Å². The van der Waals surface area contributed by atoms with Gasteiger partial charge in [-0.05, 0) is 87.6 Å². The summed E-state index contributed by atoms with van der Waals surface area (Å²) in [5.41, 5.74) is 0.0638. The van der Waals surface area contributed by atoms with Gasteiger partial charge < -0.3 is 14.9 Å². The van der Waals surface area contributed by atoms with Crippen LogP contribution in [-0.2, 0) is 4.79 Å². The highest BCUT2D eigenvalue weighted by atomic mass is 16.3. The first-order valence-electron chi connectivity index (χ1n) is 14.9. The molecule has 0 bridgehead atoms. The molecule has 6 rings (SSSR count). The van der Waals surface area contributed by atoms with Gasteiger partial charge in [-0.1, -0.05) is 34.6 Å². The van der Waals surface area contributed by atoms with E-state index in [1.807, 2.05) is 0 Å². The SMILES string of the molecule is CC(C)C1=N[C@H]2CC[C@]34C[C@@]35C(=O)C[C@]3(C)[C@@H]([C@H](C)N(C)C)[C@H](O)C[C@@]3(C)[C@@H]5CC[C@H]4[C@]2(C)CN1C. The third-order valence-electron chi connectivity index (χ3n) is 13.8. The van der Waals surface area contributed by atoms with Crippen molar-refractivity contribution in [1.82, 2.24) is 9.80 Å². The predicted octanol–water partition coefficient (Wildman–Crippen LogP) is 4.87. The van der Waals surface area contributed by atoms with Gasteiger partial charge in [0.15, 0.2) is 0 Å². The molecule has 0 unspecified atom stereocenters. The Bertz CT molecular complexity index is 1010. The van der Waals surface area contributed by atoms with Crippen molar-refractivity contribution >= 4 is 11.6 Å². The molecule has 0 amide bonds. The molecule has 5 heteroatoms. The van der Waals surface area contributed by atoms with Gasteiger partial charge in [0.2, 0.25) is 0 Å². The van der Waals surface area contributed by atoms with Gasteiger partial charge in [-0.15, -0.1) is 0 Å². The number of carbonyl (C=O) groups is 1. The van der Waals surface area contributed by atoms with Crippen molar-refractivity contribution < 1.29 is 9.90 Å². The molecule has 1 aliphatic heterocycles. The summed E-state index contributed by atoms with van der Waals surface area (Å²) < 4.78 is 0. The molecule has 6 aliphatic rings. The van der Waals surface area contributed by atoms with Crippen LogP contribution in [0.15, 0.2) is 4.99 Å². The molecule has 5 nitrogen and oxygen atoms in total. The number of ketones is 1. The summed E-state index contributed by atoms with van der Waals surface area (Å²) >= 11 is 0. The van der Waals surface area contributed by atoms with Crippen molar-refractivity contribution in [2.45, 2.75) is 105 Å². The van der Waals surface area contributed by atoms with Crippen LogP contribution in [0.3, 0.4) is 0 Å². The monoisotopic (exact) mass is 497 g/mol. The number of rotatable bonds is 3. The molecular weight excluding hydrogens is 446 g/mol. The van der Waals surface area contributed by atoms with E-state index in [1.165, 1.54) is 18.7 Å². The highest BCUT2D eigenvalue weighted by molar-refractivity contribution is 5.92. The van der Waals surface area contributed by atoms with E-state index in [0.29, 0.717) is 36.0 Å². The van der Waals surface area contributed by atoms with Gasteiger partial charge in [-0.3, -0.25) is 9.79 Å². The van der Waals surface area contributed by atoms with Gasteiger partial charge in [0.05, 0.1) is 12.1 Å². The molecule has 5 fully saturated rings. The summed E-state index contributed by atoms with van der Waals surface area (Å²) in [5.74, 6) is 3.43. The molecule has 1 heterocycles. The van der Waals surface area contributed by atoms with E-state index in [4.69, 9.17) is 4.99 Å². The number of fused-ring (bicyclic) bond motifs is 4. The predicted molar refractivity (Wildman–Crippen MR) is 145 cm³/mol. The molecule has 0 radical (unpaired) electrons. The van der Waals surface area contributed by atoms with E-state index in [2.05, 4.69) is 72.5 Å². The summed E-state index contributed by atoms with van der Waals surface area (Å²) in [7, 11) is 6.48. The first-order chi connectivity index (χ1) is 16.7. The summed E-state index contributed by atoms with van der Waals surface area (Å²) in [6.45, 7) is 15.2. The van der Waals surface area contributed by atoms with Crippen LogP contribution in [0.4, 0.5) is 0 Å². The van der Waals surface area contributed by atoms with E-state index in [9.17, 15) is 9.90 Å². The normalized spacial score (nSPS) is 54.3. The van der Waals surface area contributed by atoms with Crippen LogP contribution >= 0.6 is 0 Å². The van der Waals surface area contributed by atoms with Crippen LogP contribution in [0.2, 0.25) is 0 Å². The molecule has 0 aromatic carbocycles. The van der Waals surface area contributed by atoms with Crippen LogP contribution in [0.5, 0.6) is 0 Å². The van der Waals surface area contributed by atoms with E-state index in [1.54, 1.807) is 0 Å². The second kappa shape index (κ2) is 7.37. The lowest BCUT2D eigenvalue weighted by molar-refractivity contribution is -0.170. The van der Waals surface area contributed by atoms with Gasteiger partial charge in [0.25, 0.3) is 0 Å². The van der Waals surface area contributed by atoms with Gasteiger partial charge in [-0.2, -0.15) is 0 Å². The average molecular weight is 498 g/mol. The molecule has 11 atom stereocenters. The van der Waals surface area contributed by atoms with E-state index >= 15 is 0 Å². The Morgan fingerprint density at radius 3 is 2.36 bits per heavy atom. The molecule has 1 N–H and O–H groups in total. The Morgan fingerprint density at radius 1 is 1.06 bits per heavy atom. The van der Waals surface area contributed by atoms with E-state index < -0.39 is 0 Å². The lowest BCUT2D eigenvalue weighted by Crippen LogP contribution is -2.64. The quantitative estimate of drug-likeness (QED) is 0.604. The fraction of sp³-hybridized carbons (Fsp3) is 0.935. The van der Waals surface area contributed by atoms with Gasteiger partial charge in [0.1, 0.15) is 11.6 Å². The number of carbonyl (C=O) groups excluding carboxylic acids is 1. The number of aliphatic hydroxyl groups is 1. The highest BCUT2D eigenvalue weighted by Gasteiger charge is 2.86. The Labute approximate surface area is 219 Å². The number of hydrogen-bond donors (Lipinski definition) is 1. The first-order valence-corrected chi connectivity index (χ1v) is 14.9. The number of hydrogen-bond acceptors (Lipinski definition) is 5. The number of amidine groups is 1. The number of aliphatic imine (C=N–C) groups is 1. The molecule has 5 aliphatic carbocycles. The minimum Gasteiger partial charge on any atom is -0.393 e. The summed E-state index contributed by atoms with van der Waals surface area (Å²) in [4.78, 5) is 24.6. The molecule has 36 heavy (non-hydrogen) atoms. The largest absolute Gasteiger partial charge is 0.393 e. The topological polar surface area (TPSA) is 56.1 Å². The fourth-order valence-electron chi connectivity index (χ4n) is 12.0. The van der Waals surface area contributed by atoms with E-state index in [-0.39, 0.29) is 45.1 Å². The highest BCUT2D eigenvalue weighted by Crippen LogP contribution is 2.88. The van der Waals surface area contributed by atoms with E-state index in [0.717, 1.165) is 32.2 Å². The zero-order chi connectivity index (χ0) is 26.2.